The fourth-order valence-electron chi connectivity index (χ4n) is 1.54. The van der Waals surface area contributed by atoms with Gasteiger partial charge in [-0.15, -0.1) is 0 Å². The summed E-state index contributed by atoms with van der Waals surface area (Å²) < 4.78 is 26.9. The molecule has 0 aliphatic carbocycles. The van der Waals surface area contributed by atoms with Crippen LogP contribution in [0.15, 0.2) is 23.1 Å². The predicted octanol–water partition coefficient (Wildman–Crippen LogP) is 0.882. The molecule has 1 unspecified atom stereocenters. The van der Waals surface area contributed by atoms with E-state index in [1.165, 1.54) is 6.07 Å². The highest BCUT2D eigenvalue weighted by Crippen LogP contribution is 2.17. The van der Waals surface area contributed by atoms with Crippen LogP contribution in [0.4, 0.5) is 0 Å². The van der Waals surface area contributed by atoms with E-state index in [2.05, 4.69) is 4.72 Å². The van der Waals surface area contributed by atoms with Gasteiger partial charge < -0.3 is 5.73 Å². The molecule has 1 rings (SSSR count). The van der Waals surface area contributed by atoms with Crippen LogP contribution in [0.2, 0.25) is 0 Å². The van der Waals surface area contributed by atoms with Crippen LogP contribution in [0.5, 0.6) is 0 Å². The van der Waals surface area contributed by atoms with Gasteiger partial charge in [0.1, 0.15) is 0 Å². The van der Waals surface area contributed by atoms with E-state index in [4.69, 9.17) is 11.0 Å². The Morgan fingerprint density at radius 2 is 2.17 bits per heavy atom. The number of aryl methyl sites for hydroxylation is 1. The molecule has 98 valence electrons. The fraction of sp³-hybridized carbons (Fsp3) is 0.417. The Balaban J connectivity index is 3.16. The zero-order valence-electron chi connectivity index (χ0n) is 10.5. The van der Waals surface area contributed by atoms with Gasteiger partial charge in [0.05, 0.1) is 16.5 Å². The average Bonchev–Trinajstić information content (AvgIpc) is 2.36. The summed E-state index contributed by atoms with van der Waals surface area (Å²) in [5, 5.41) is 8.81. The molecule has 0 heterocycles. The molecule has 1 aromatic rings. The van der Waals surface area contributed by atoms with Crippen LogP contribution in [-0.4, -0.2) is 21.0 Å². The molecule has 0 amide bonds. The van der Waals surface area contributed by atoms with Gasteiger partial charge in [0.2, 0.25) is 10.0 Å². The second-order valence-corrected chi connectivity index (χ2v) is 5.74. The van der Waals surface area contributed by atoms with Gasteiger partial charge in [-0.3, -0.25) is 0 Å². The van der Waals surface area contributed by atoms with Crippen molar-refractivity contribution in [2.75, 3.05) is 6.54 Å². The second-order valence-electron chi connectivity index (χ2n) is 4.05. The Bertz CT molecular complexity index is 557. The third-order valence-electron chi connectivity index (χ3n) is 2.71. The number of nitrogens with zero attached hydrogens (tertiary/aromatic N) is 1. The second kappa shape index (κ2) is 5.96. The number of hydrogen-bond donors (Lipinski definition) is 2. The maximum Gasteiger partial charge on any atom is 0.241 e. The van der Waals surface area contributed by atoms with E-state index in [0.29, 0.717) is 17.5 Å². The Morgan fingerprint density at radius 3 is 2.67 bits per heavy atom. The first-order valence-corrected chi connectivity index (χ1v) is 7.16. The van der Waals surface area contributed by atoms with Crippen molar-refractivity contribution in [1.29, 1.82) is 5.26 Å². The minimum atomic E-state index is -3.63. The Morgan fingerprint density at radius 1 is 1.50 bits per heavy atom. The van der Waals surface area contributed by atoms with Gasteiger partial charge in [-0.2, -0.15) is 5.26 Å². The fourth-order valence-corrected chi connectivity index (χ4v) is 3.14. The quantitative estimate of drug-likeness (QED) is 0.827. The number of rotatable bonds is 5. The molecule has 0 spiro atoms. The van der Waals surface area contributed by atoms with Crippen LogP contribution in [0.3, 0.4) is 0 Å². The number of benzene rings is 1. The van der Waals surface area contributed by atoms with Crippen LogP contribution in [0, 0.1) is 18.3 Å². The van der Waals surface area contributed by atoms with Crippen LogP contribution < -0.4 is 10.5 Å². The summed E-state index contributed by atoms with van der Waals surface area (Å²) in [7, 11) is -3.63. The molecule has 0 fully saturated rings. The molecule has 0 aliphatic rings. The van der Waals surface area contributed by atoms with Crippen molar-refractivity contribution in [3.63, 3.8) is 0 Å². The van der Waals surface area contributed by atoms with E-state index in [-0.39, 0.29) is 17.5 Å². The van der Waals surface area contributed by atoms with E-state index in [1.807, 2.05) is 13.0 Å². The molecular weight excluding hydrogens is 250 g/mol. The highest BCUT2D eigenvalue weighted by atomic mass is 32.2. The summed E-state index contributed by atoms with van der Waals surface area (Å²) >= 11 is 0. The number of sulfonamides is 1. The largest absolute Gasteiger partial charge is 0.329 e. The molecule has 6 heteroatoms. The van der Waals surface area contributed by atoms with Crippen molar-refractivity contribution >= 4 is 10.0 Å². The van der Waals surface area contributed by atoms with Crippen LogP contribution in [0.25, 0.3) is 0 Å². The van der Waals surface area contributed by atoms with E-state index in [9.17, 15) is 8.42 Å². The SMILES string of the molecule is CCC(CN)NS(=O)(=O)c1cc(C#N)ccc1C. The first kappa shape index (κ1) is 14.6. The first-order chi connectivity index (χ1) is 8.44. The molecule has 0 saturated carbocycles. The molecule has 0 saturated heterocycles. The molecule has 0 aliphatic heterocycles. The number of nitrogens with one attached hydrogen (secondary N) is 1. The van der Waals surface area contributed by atoms with Crippen molar-refractivity contribution in [3.8, 4) is 6.07 Å². The first-order valence-electron chi connectivity index (χ1n) is 5.67. The summed E-state index contributed by atoms with van der Waals surface area (Å²) in [6.45, 7) is 3.80. The molecule has 1 atom stereocenters. The molecule has 3 N–H and O–H groups in total. The lowest BCUT2D eigenvalue weighted by Crippen LogP contribution is -2.39. The summed E-state index contributed by atoms with van der Waals surface area (Å²) in [6, 6.07) is 6.23. The Hall–Kier alpha value is -1.42. The molecule has 0 aromatic heterocycles. The van der Waals surface area contributed by atoms with Gasteiger partial charge in [0, 0.05) is 12.6 Å². The molecule has 0 bridgehead atoms. The zero-order chi connectivity index (χ0) is 13.8. The Kier molecular flexibility index (Phi) is 4.84. The summed E-state index contributed by atoms with van der Waals surface area (Å²) in [4.78, 5) is 0.133. The van der Waals surface area contributed by atoms with Gasteiger partial charge in [0.15, 0.2) is 0 Å². The summed E-state index contributed by atoms with van der Waals surface area (Å²) in [6.07, 6.45) is 0.618. The van der Waals surface area contributed by atoms with Gasteiger partial charge in [-0.05, 0) is 31.0 Å². The van der Waals surface area contributed by atoms with Crippen LogP contribution in [0.1, 0.15) is 24.5 Å². The van der Waals surface area contributed by atoms with Crippen LogP contribution >= 0.6 is 0 Å². The predicted molar refractivity (Wildman–Crippen MR) is 69.3 cm³/mol. The average molecular weight is 267 g/mol. The topological polar surface area (TPSA) is 96.0 Å². The molecular formula is C12H17N3O2S. The number of nitriles is 1. The summed E-state index contributed by atoms with van der Waals surface area (Å²) in [5.74, 6) is 0. The third-order valence-corrected chi connectivity index (χ3v) is 4.37. The third kappa shape index (κ3) is 3.29. The molecule has 5 nitrogen and oxygen atoms in total. The maximum atomic E-state index is 12.2. The zero-order valence-corrected chi connectivity index (χ0v) is 11.3. The normalized spacial score (nSPS) is 13.0. The summed E-state index contributed by atoms with van der Waals surface area (Å²) in [5.41, 5.74) is 6.41. The van der Waals surface area contributed by atoms with Crippen molar-refractivity contribution in [2.45, 2.75) is 31.2 Å². The smallest absolute Gasteiger partial charge is 0.241 e. The molecule has 1 aromatic carbocycles. The van der Waals surface area contributed by atoms with Gasteiger partial charge in [-0.25, -0.2) is 13.1 Å². The molecule has 0 radical (unpaired) electrons. The molecule has 18 heavy (non-hydrogen) atoms. The van der Waals surface area contributed by atoms with E-state index < -0.39 is 10.0 Å². The monoisotopic (exact) mass is 267 g/mol. The van der Waals surface area contributed by atoms with E-state index in [1.54, 1.807) is 19.1 Å². The highest BCUT2D eigenvalue weighted by Gasteiger charge is 2.20. The van der Waals surface area contributed by atoms with Gasteiger partial charge in [0.25, 0.3) is 0 Å². The van der Waals surface area contributed by atoms with Crippen molar-refractivity contribution in [1.82, 2.24) is 4.72 Å². The minimum Gasteiger partial charge on any atom is -0.329 e. The Labute approximate surface area is 108 Å². The number of nitrogens with two attached hydrogens (primary N) is 1. The minimum absolute atomic E-state index is 0.133. The highest BCUT2D eigenvalue weighted by molar-refractivity contribution is 7.89. The maximum absolute atomic E-state index is 12.2. The van der Waals surface area contributed by atoms with Gasteiger partial charge >= 0.3 is 0 Å². The van der Waals surface area contributed by atoms with Crippen LogP contribution in [-0.2, 0) is 10.0 Å². The standard InChI is InChI=1S/C12H17N3O2S/c1-3-11(8-14)15-18(16,17)12-6-10(7-13)5-4-9(12)2/h4-6,11,15H,3,8,14H2,1-2H3. The van der Waals surface area contributed by atoms with Gasteiger partial charge in [-0.1, -0.05) is 13.0 Å². The van der Waals surface area contributed by atoms with Crippen molar-refractivity contribution in [2.24, 2.45) is 5.73 Å². The van der Waals surface area contributed by atoms with E-state index in [0.717, 1.165) is 0 Å². The van der Waals surface area contributed by atoms with Crippen molar-refractivity contribution in [3.05, 3.63) is 29.3 Å². The lowest BCUT2D eigenvalue weighted by Gasteiger charge is -2.16. The lowest BCUT2D eigenvalue weighted by molar-refractivity contribution is 0.542. The van der Waals surface area contributed by atoms with E-state index >= 15 is 0 Å². The number of hydrogen-bond acceptors (Lipinski definition) is 4. The lowest BCUT2D eigenvalue weighted by atomic mass is 10.2. The van der Waals surface area contributed by atoms with Crippen molar-refractivity contribution < 1.29 is 8.42 Å².